The SMILES string of the molecule is Cc1ccsc1-c1cc(Cl)cc(Cl)c1. The molecule has 0 atom stereocenters. The quantitative estimate of drug-likeness (QED) is 0.658. The summed E-state index contributed by atoms with van der Waals surface area (Å²) in [4.78, 5) is 1.23. The molecule has 14 heavy (non-hydrogen) atoms. The molecule has 2 rings (SSSR count). The van der Waals surface area contributed by atoms with Gasteiger partial charge >= 0.3 is 0 Å². The zero-order valence-electron chi connectivity index (χ0n) is 7.55. The van der Waals surface area contributed by atoms with Crippen LogP contribution in [0.5, 0.6) is 0 Å². The maximum atomic E-state index is 5.94. The highest BCUT2D eigenvalue weighted by Crippen LogP contribution is 2.32. The molecule has 72 valence electrons. The highest BCUT2D eigenvalue weighted by Gasteiger charge is 2.05. The van der Waals surface area contributed by atoms with Crippen molar-refractivity contribution in [3.8, 4) is 10.4 Å². The Hall–Kier alpha value is -0.500. The summed E-state index contributed by atoms with van der Waals surface area (Å²) in [7, 11) is 0. The molecule has 0 aliphatic rings. The summed E-state index contributed by atoms with van der Waals surface area (Å²) >= 11 is 13.6. The molecule has 1 aromatic heterocycles. The normalized spacial score (nSPS) is 10.5. The van der Waals surface area contributed by atoms with E-state index in [-0.39, 0.29) is 0 Å². The van der Waals surface area contributed by atoms with Crippen LogP contribution >= 0.6 is 34.5 Å². The molecule has 0 bridgehead atoms. The fourth-order valence-electron chi connectivity index (χ4n) is 1.35. The van der Waals surface area contributed by atoms with Gasteiger partial charge in [-0.25, -0.2) is 0 Å². The number of rotatable bonds is 1. The molecule has 0 saturated heterocycles. The Morgan fingerprint density at radius 1 is 1.07 bits per heavy atom. The maximum Gasteiger partial charge on any atom is 0.0427 e. The van der Waals surface area contributed by atoms with Crippen LogP contribution in [0.25, 0.3) is 10.4 Å². The van der Waals surface area contributed by atoms with Gasteiger partial charge in [0.05, 0.1) is 0 Å². The van der Waals surface area contributed by atoms with Crippen LogP contribution in [0.2, 0.25) is 10.0 Å². The molecule has 0 aliphatic heterocycles. The van der Waals surface area contributed by atoms with Gasteiger partial charge in [-0.1, -0.05) is 23.2 Å². The van der Waals surface area contributed by atoms with Gasteiger partial charge in [0, 0.05) is 14.9 Å². The van der Waals surface area contributed by atoms with E-state index in [2.05, 4.69) is 18.4 Å². The molecule has 2 aromatic rings. The molecule has 0 radical (unpaired) electrons. The number of aryl methyl sites for hydroxylation is 1. The zero-order valence-corrected chi connectivity index (χ0v) is 9.88. The highest BCUT2D eigenvalue weighted by atomic mass is 35.5. The summed E-state index contributed by atoms with van der Waals surface area (Å²) < 4.78 is 0. The first-order valence-corrected chi connectivity index (χ1v) is 5.81. The predicted molar refractivity (Wildman–Crippen MR) is 64.5 cm³/mol. The van der Waals surface area contributed by atoms with Crippen molar-refractivity contribution in [1.29, 1.82) is 0 Å². The van der Waals surface area contributed by atoms with Crippen molar-refractivity contribution in [2.45, 2.75) is 6.92 Å². The molecule has 0 N–H and O–H groups in total. The third kappa shape index (κ3) is 1.95. The number of hydrogen-bond donors (Lipinski definition) is 0. The van der Waals surface area contributed by atoms with Crippen LogP contribution in [0.15, 0.2) is 29.6 Å². The van der Waals surface area contributed by atoms with E-state index in [9.17, 15) is 0 Å². The van der Waals surface area contributed by atoms with E-state index in [4.69, 9.17) is 23.2 Å². The number of thiophene rings is 1. The minimum atomic E-state index is 0.681. The van der Waals surface area contributed by atoms with E-state index >= 15 is 0 Å². The van der Waals surface area contributed by atoms with Crippen molar-refractivity contribution in [3.05, 3.63) is 45.3 Å². The second-order valence-corrected chi connectivity index (χ2v) is 4.88. The van der Waals surface area contributed by atoms with Crippen molar-refractivity contribution >= 4 is 34.5 Å². The molecule has 0 spiro atoms. The lowest BCUT2D eigenvalue weighted by Crippen LogP contribution is -1.76. The molecular weight excluding hydrogens is 235 g/mol. The first-order chi connectivity index (χ1) is 6.66. The first-order valence-electron chi connectivity index (χ1n) is 4.17. The van der Waals surface area contributed by atoms with Gasteiger partial charge in [-0.3, -0.25) is 0 Å². The Morgan fingerprint density at radius 2 is 1.71 bits per heavy atom. The van der Waals surface area contributed by atoms with Crippen LogP contribution in [0, 0.1) is 6.92 Å². The number of benzene rings is 1. The average Bonchev–Trinajstić information content (AvgIpc) is 2.49. The highest BCUT2D eigenvalue weighted by molar-refractivity contribution is 7.13. The Balaban J connectivity index is 2.57. The van der Waals surface area contributed by atoms with Crippen molar-refractivity contribution in [1.82, 2.24) is 0 Å². The summed E-state index contributed by atoms with van der Waals surface area (Å²) in [5.41, 5.74) is 2.35. The number of hydrogen-bond acceptors (Lipinski definition) is 1. The van der Waals surface area contributed by atoms with E-state index in [1.54, 1.807) is 17.4 Å². The minimum Gasteiger partial charge on any atom is -0.144 e. The van der Waals surface area contributed by atoms with Gasteiger partial charge < -0.3 is 0 Å². The Labute approximate surface area is 97.1 Å². The number of halogens is 2. The Kier molecular flexibility index (Phi) is 2.82. The smallest absolute Gasteiger partial charge is 0.0427 e. The van der Waals surface area contributed by atoms with Gasteiger partial charge in [0.1, 0.15) is 0 Å². The molecule has 0 saturated carbocycles. The molecule has 0 nitrogen and oxygen atoms in total. The summed E-state index contributed by atoms with van der Waals surface area (Å²) in [5, 5.41) is 3.43. The summed E-state index contributed by atoms with van der Waals surface area (Å²) in [6, 6.07) is 7.71. The summed E-state index contributed by atoms with van der Waals surface area (Å²) in [5.74, 6) is 0. The third-order valence-electron chi connectivity index (χ3n) is 1.99. The lowest BCUT2D eigenvalue weighted by Gasteiger charge is -2.01. The topological polar surface area (TPSA) is 0 Å². The third-order valence-corrected chi connectivity index (χ3v) is 3.49. The van der Waals surface area contributed by atoms with Crippen molar-refractivity contribution < 1.29 is 0 Å². The summed E-state index contributed by atoms with van der Waals surface area (Å²) in [6.45, 7) is 2.08. The van der Waals surface area contributed by atoms with E-state index in [1.807, 2.05) is 12.1 Å². The van der Waals surface area contributed by atoms with E-state index in [0.29, 0.717) is 10.0 Å². The molecule has 0 fully saturated rings. The standard InChI is InChI=1S/C11H8Cl2S/c1-7-2-3-14-11(7)8-4-9(12)6-10(13)5-8/h2-6H,1H3. The van der Waals surface area contributed by atoms with Crippen molar-refractivity contribution in [2.24, 2.45) is 0 Å². The van der Waals surface area contributed by atoms with Crippen LogP contribution in [0.4, 0.5) is 0 Å². The van der Waals surface area contributed by atoms with E-state index < -0.39 is 0 Å². The van der Waals surface area contributed by atoms with Crippen LogP contribution in [-0.4, -0.2) is 0 Å². The second-order valence-electron chi connectivity index (χ2n) is 3.09. The minimum absolute atomic E-state index is 0.681. The van der Waals surface area contributed by atoms with Crippen LogP contribution < -0.4 is 0 Å². The molecule has 1 heterocycles. The lowest BCUT2D eigenvalue weighted by atomic mass is 10.1. The lowest BCUT2D eigenvalue weighted by molar-refractivity contribution is 1.54. The van der Waals surface area contributed by atoms with Gasteiger partial charge in [0.15, 0.2) is 0 Å². The largest absolute Gasteiger partial charge is 0.144 e. The molecule has 0 unspecified atom stereocenters. The average molecular weight is 243 g/mol. The first kappa shape index (κ1) is 10.0. The van der Waals surface area contributed by atoms with Crippen molar-refractivity contribution in [2.75, 3.05) is 0 Å². The van der Waals surface area contributed by atoms with E-state index in [0.717, 1.165) is 5.56 Å². The molecule has 3 heteroatoms. The zero-order chi connectivity index (χ0) is 10.1. The monoisotopic (exact) mass is 242 g/mol. The fraction of sp³-hybridized carbons (Fsp3) is 0.0909. The van der Waals surface area contributed by atoms with Crippen LogP contribution in [0.1, 0.15) is 5.56 Å². The summed E-state index contributed by atoms with van der Waals surface area (Å²) in [6.07, 6.45) is 0. The Morgan fingerprint density at radius 3 is 2.21 bits per heavy atom. The molecule has 1 aromatic carbocycles. The Bertz CT molecular complexity index is 440. The van der Waals surface area contributed by atoms with Gasteiger partial charge in [0.2, 0.25) is 0 Å². The van der Waals surface area contributed by atoms with Gasteiger partial charge in [-0.15, -0.1) is 11.3 Å². The van der Waals surface area contributed by atoms with Gasteiger partial charge in [-0.05, 0) is 47.7 Å². The van der Waals surface area contributed by atoms with E-state index in [1.165, 1.54) is 10.4 Å². The van der Waals surface area contributed by atoms with Crippen molar-refractivity contribution in [3.63, 3.8) is 0 Å². The fourth-order valence-corrected chi connectivity index (χ4v) is 2.80. The second kappa shape index (κ2) is 3.93. The maximum absolute atomic E-state index is 5.94. The van der Waals surface area contributed by atoms with Crippen LogP contribution in [0.3, 0.4) is 0 Å². The molecular formula is C11H8Cl2S. The molecule has 0 aliphatic carbocycles. The van der Waals surface area contributed by atoms with Gasteiger partial charge in [0.25, 0.3) is 0 Å². The molecule has 0 amide bonds. The van der Waals surface area contributed by atoms with Crippen LogP contribution in [-0.2, 0) is 0 Å². The van der Waals surface area contributed by atoms with Gasteiger partial charge in [-0.2, -0.15) is 0 Å². The predicted octanol–water partition coefficient (Wildman–Crippen LogP) is 5.03.